The molecular weight excluding hydrogens is 164 g/mol. The largest absolute Gasteiger partial charge is 0.466 e. The van der Waals surface area contributed by atoms with Crippen molar-refractivity contribution >= 4 is 5.97 Å². The summed E-state index contributed by atoms with van der Waals surface area (Å²) in [5.41, 5.74) is 0.310. The number of carbonyl (C=O) groups is 1. The van der Waals surface area contributed by atoms with Gasteiger partial charge in [-0.2, -0.15) is 0 Å². The van der Waals surface area contributed by atoms with Crippen LogP contribution in [0.4, 0.5) is 0 Å². The lowest BCUT2D eigenvalue weighted by atomic mass is 9.90. The first kappa shape index (κ1) is 9.04. The van der Waals surface area contributed by atoms with Crippen molar-refractivity contribution in [2.24, 2.45) is 17.3 Å². The summed E-state index contributed by atoms with van der Waals surface area (Å²) < 4.78 is 5.08. The normalized spacial score (nSPS) is 42.3. The maximum atomic E-state index is 11.6. The predicted molar refractivity (Wildman–Crippen MR) is 50.2 cm³/mol. The minimum absolute atomic E-state index is 0.0527. The summed E-state index contributed by atoms with van der Waals surface area (Å²) in [6, 6.07) is 0. The molecule has 3 atom stereocenters. The molecule has 0 unspecified atom stereocenters. The Labute approximate surface area is 79.7 Å². The van der Waals surface area contributed by atoms with Gasteiger partial charge >= 0.3 is 5.97 Å². The van der Waals surface area contributed by atoms with E-state index in [9.17, 15) is 4.79 Å². The van der Waals surface area contributed by atoms with Crippen LogP contribution in [0.2, 0.25) is 0 Å². The molecule has 2 fully saturated rings. The van der Waals surface area contributed by atoms with Gasteiger partial charge in [-0.15, -0.1) is 0 Å². The van der Waals surface area contributed by atoms with Crippen molar-refractivity contribution in [3.05, 3.63) is 0 Å². The molecule has 0 saturated heterocycles. The standard InChI is InChI=1S/C11H18O2/c1-3-13-10(12)9-8-6-4-5-7-11(8,9)2/h8-9H,3-7H2,1-2H3/t8-,9-,11-/m1/s1. The highest BCUT2D eigenvalue weighted by molar-refractivity contribution is 5.77. The zero-order valence-electron chi connectivity index (χ0n) is 8.51. The van der Waals surface area contributed by atoms with Gasteiger partial charge in [-0.3, -0.25) is 4.79 Å². The van der Waals surface area contributed by atoms with Crippen LogP contribution in [0.5, 0.6) is 0 Å². The summed E-state index contributed by atoms with van der Waals surface area (Å²) >= 11 is 0. The number of rotatable bonds is 2. The van der Waals surface area contributed by atoms with Gasteiger partial charge in [0.25, 0.3) is 0 Å². The summed E-state index contributed by atoms with van der Waals surface area (Å²) in [7, 11) is 0. The first-order valence-electron chi connectivity index (χ1n) is 5.37. The number of fused-ring (bicyclic) bond motifs is 1. The van der Waals surface area contributed by atoms with Crippen molar-refractivity contribution in [2.45, 2.75) is 39.5 Å². The van der Waals surface area contributed by atoms with Crippen LogP contribution in [-0.4, -0.2) is 12.6 Å². The van der Waals surface area contributed by atoms with Gasteiger partial charge in [0.15, 0.2) is 0 Å². The number of hydrogen-bond acceptors (Lipinski definition) is 2. The fraction of sp³-hybridized carbons (Fsp3) is 0.909. The molecule has 2 nitrogen and oxygen atoms in total. The highest BCUT2D eigenvalue weighted by Crippen LogP contribution is 2.66. The Morgan fingerprint density at radius 2 is 2.31 bits per heavy atom. The second kappa shape index (κ2) is 3.00. The smallest absolute Gasteiger partial charge is 0.309 e. The minimum Gasteiger partial charge on any atom is -0.466 e. The number of carbonyl (C=O) groups excluding carboxylic acids is 1. The topological polar surface area (TPSA) is 26.3 Å². The number of hydrogen-bond donors (Lipinski definition) is 0. The van der Waals surface area contributed by atoms with Crippen molar-refractivity contribution in [1.29, 1.82) is 0 Å². The van der Waals surface area contributed by atoms with Crippen LogP contribution in [0.1, 0.15) is 39.5 Å². The molecule has 0 aromatic carbocycles. The maximum Gasteiger partial charge on any atom is 0.309 e. The van der Waals surface area contributed by atoms with Gasteiger partial charge in [0.05, 0.1) is 12.5 Å². The molecule has 2 saturated carbocycles. The Morgan fingerprint density at radius 1 is 1.54 bits per heavy atom. The van der Waals surface area contributed by atoms with E-state index >= 15 is 0 Å². The molecular formula is C11H18O2. The average molecular weight is 182 g/mol. The molecule has 0 radical (unpaired) electrons. The molecule has 0 spiro atoms. The Morgan fingerprint density at radius 3 is 2.85 bits per heavy atom. The van der Waals surface area contributed by atoms with E-state index in [0.717, 1.165) is 0 Å². The van der Waals surface area contributed by atoms with Gasteiger partial charge < -0.3 is 4.74 Å². The molecule has 2 aliphatic rings. The molecule has 0 N–H and O–H groups in total. The Balaban J connectivity index is 1.99. The third-order valence-electron chi connectivity index (χ3n) is 3.87. The van der Waals surface area contributed by atoms with Gasteiger partial charge in [0.1, 0.15) is 0 Å². The second-order valence-electron chi connectivity index (χ2n) is 4.59. The van der Waals surface area contributed by atoms with Crippen molar-refractivity contribution in [3.8, 4) is 0 Å². The first-order chi connectivity index (χ1) is 6.20. The minimum atomic E-state index is 0.0527. The zero-order valence-corrected chi connectivity index (χ0v) is 8.51. The van der Waals surface area contributed by atoms with Crippen LogP contribution >= 0.6 is 0 Å². The lowest BCUT2D eigenvalue weighted by Crippen LogP contribution is -2.11. The van der Waals surface area contributed by atoms with Crippen LogP contribution in [0, 0.1) is 17.3 Å². The summed E-state index contributed by atoms with van der Waals surface area (Å²) in [5.74, 6) is 0.923. The Hall–Kier alpha value is -0.530. The van der Waals surface area contributed by atoms with Crippen molar-refractivity contribution < 1.29 is 9.53 Å². The summed E-state index contributed by atoms with van der Waals surface area (Å²) in [4.78, 5) is 11.6. The lowest BCUT2D eigenvalue weighted by Gasteiger charge is -2.15. The van der Waals surface area contributed by atoms with Crippen molar-refractivity contribution in [3.63, 3.8) is 0 Å². The van der Waals surface area contributed by atoms with E-state index in [-0.39, 0.29) is 11.9 Å². The number of ether oxygens (including phenoxy) is 1. The van der Waals surface area contributed by atoms with Crippen molar-refractivity contribution in [2.75, 3.05) is 6.61 Å². The highest BCUT2D eigenvalue weighted by atomic mass is 16.5. The highest BCUT2D eigenvalue weighted by Gasteiger charge is 2.65. The lowest BCUT2D eigenvalue weighted by molar-refractivity contribution is -0.145. The molecule has 0 aromatic rings. The molecule has 2 heteroatoms. The van der Waals surface area contributed by atoms with Crippen molar-refractivity contribution in [1.82, 2.24) is 0 Å². The van der Waals surface area contributed by atoms with Gasteiger partial charge in [-0.1, -0.05) is 19.8 Å². The van der Waals surface area contributed by atoms with E-state index in [4.69, 9.17) is 4.74 Å². The van der Waals surface area contributed by atoms with Crippen LogP contribution in [-0.2, 0) is 9.53 Å². The van der Waals surface area contributed by atoms with Crippen LogP contribution in [0.25, 0.3) is 0 Å². The van der Waals surface area contributed by atoms with E-state index in [1.807, 2.05) is 6.92 Å². The van der Waals surface area contributed by atoms with E-state index in [0.29, 0.717) is 17.9 Å². The summed E-state index contributed by atoms with van der Waals surface area (Å²) in [6.45, 7) is 4.66. The Kier molecular flexibility index (Phi) is 2.09. The molecule has 2 rings (SSSR count). The third-order valence-corrected chi connectivity index (χ3v) is 3.87. The first-order valence-corrected chi connectivity index (χ1v) is 5.37. The SMILES string of the molecule is CCOC(=O)[C@H]1[C@H]2CCCC[C@]21C. The van der Waals surface area contributed by atoms with Gasteiger partial charge in [-0.05, 0) is 31.1 Å². The van der Waals surface area contributed by atoms with Crippen LogP contribution in [0.15, 0.2) is 0 Å². The monoisotopic (exact) mass is 182 g/mol. The third kappa shape index (κ3) is 1.27. The van der Waals surface area contributed by atoms with E-state index in [1.165, 1.54) is 25.7 Å². The van der Waals surface area contributed by atoms with E-state index in [1.54, 1.807) is 0 Å². The predicted octanol–water partition coefficient (Wildman–Crippen LogP) is 2.38. The van der Waals surface area contributed by atoms with Gasteiger partial charge in [-0.25, -0.2) is 0 Å². The molecule has 13 heavy (non-hydrogen) atoms. The molecule has 0 bridgehead atoms. The van der Waals surface area contributed by atoms with E-state index < -0.39 is 0 Å². The van der Waals surface area contributed by atoms with Gasteiger partial charge in [0, 0.05) is 0 Å². The second-order valence-corrected chi connectivity index (χ2v) is 4.59. The maximum absolute atomic E-state index is 11.6. The molecule has 0 amide bonds. The fourth-order valence-corrected chi connectivity index (χ4v) is 3.03. The summed E-state index contributed by atoms with van der Waals surface area (Å²) in [6.07, 6.45) is 5.06. The molecule has 0 aliphatic heterocycles. The molecule has 0 heterocycles. The fourth-order valence-electron chi connectivity index (χ4n) is 3.03. The summed E-state index contributed by atoms with van der Waals surface area (Å²) in [5, 5.41) is 0. The molecule has 74 valence electrons. The van der Waals surface area contributed by atoms with E-state index in [2.05, 4.69) is 6.92 Å². The Bertz CT molecular complexity index is 224. The molecule has 2 aliphatic carbocycles. The van der Waals surface area contributed by atoms with Crippen LogP contribution in [0.3, 0.4) is 0 Å². The van der Waals surface area contributed by atoms with Crippen LogP contribution < -0.4 is 0 Å². The molecule has 0 aromatic heterocycles. The van der Waals surface area contributed by atoms with Gasteiger partial charge in [0.2, 0.25) is 0 Å². The zero-order chi connectivity index (χ0) is 9.47. The average Bonchev–Trinajstić information content (AvgIpc) is 2.71. The number of esters is 1. The quantitative estimate of drug-likeness (QED) is 0.613.